The van der Waals surface area contributed by atoms with Crippen LogP contribution < -0.4 is 15.0 Å². The second kappa shape index (κ2) is 9.00. The number of esters is 1. The Bertz CT molecular complexity index is 1010. The summed E-state index contributed by atoms with van der Waals surface area (Å²) >= 11 is 6.18. The molecule has 0 aliphatic carbocycles. The molecule has 156 valence electrons. The first-order valence-corrected chi connectivity index (χ1v) is 9.79. The number of benzene rings is 2. The van der Waals surface area contributed by atoms with Crippen LogP contribution in [0.2, 0.25) is 0 Å². The monoisotopic (exact) mass is 428 g/mol. The zero-order valence-corrected chi connectivity index (χ0v) is 17.5. The van der Waals surface area contributed by atoms with Gasteiger partial charge in [-0.2, -0.15) is 0 Å². The second-order valence-electron chi connectivity index (χ2n) is 6.69. The van der Waals surface area contributed by atoms with E-state index in [0.29, 0.717) is 29.3 Å². The molecule has 2 aromatic rings. The van der Waals surface area contributed by atoms with Crippen LogP contribution in [-0.4, -0.2) is 30.5 Å². The van der Waals surface area contributed by atoms with Crippen molar-refractivity contribution < 1.29 is 23.9 Å². The maximum Gasteiger partial charge on any atom is 0.338 e. The molecule has 0 saturated heterocycles. The molecule has 0 unspecified atom stereocenters. The summed E-state index contributed by atoms with van der Waals surface area (Å²) in [7, 11) is 0. The zero-order valence-electron chi connectivity index (χ0n) is 16.8. The SMILES string of the molecule is CCOc1ccccc1NC1=C(Cl)C(=O)N(c2ccc(C(=O)OC(C)C)cc2)C1=O. The number of carbonyl (C=O) groups is 3. The van der Waals surface area contributed by atoms with Gasteiger partial charge >= 0.3 is 5.97 Å². The van der Waals surface area contributed by atoms with Crippen LogP contribution in [0, 0.1) is 0 Å². The lowest BCUT2D eigenvalue weighted by Gasteiger charge is -2.16. The minimum absolute atomic E-state index is 0.0443. The molecule has 3 rings (SSSR count). The number of para-hydroxylation sites is 2. The lowest BCUT2D eigenvalue weighted by Crippen LogP contribution is -2.32. The van der Waals surface area contributed by atoms with Crippen molar-refractivity contribution in [2.75, 3.05) is 16.8 Å². The van der Waals surface area contributed by atoms with Gasteiger partial charge in [0.05, 0.1) is 29.6 Å². The molecule has 0 atom stereocenters. The first kappa shape index (κ1) is 21.4. The number of nitrogens with zero attached hydrogens (tertiary/aromatic N) is 1. The maximum atomic E-state index is 12.9. The fourth-order valence-corrected chi connectivity index (χ4v) is 3.07. The third-order valence-corrected chi connectivity index (χ3v) is 4.53. The van der Waals surface area contributed by atoms with Crippen LogP contribution in [0.4, 0.5) is 11.4 Å². The molecule has 2 aromatic carbocycles. The molecule has 0 fully saturated rings. The molecule has 8 heteroatoms. The highest BCUT2D eigenvalue weighted by atomic mass is 35.5. The van der Waals surface area contributed by atoms with E-state index >= 15 is 0 Å². The molecule has 30 heavy (non-hydrogen) atoms. The Morgan fingerprint density at radius 1 is 1.07 bits per heavy atom. The predicted octanol–water partition coefficient (Wildman–Crippen LogP) is 4.09. The Morgan fingerprint density at radius 2 is 1.73 bits per heavy atom. The van der Waals surface area contributed by atoms with E-state index in [1.165, 1.54) is 24.3 Å². The van der Waals surface area contributed by atoms with Crippen molar-refractivity contribution in [3.05, 3.63) is 64.8 Å². The lowest BCUT2D eigenvalue weighted by molar-refractivity contribution is -0.120. The van der Waals surface area contributed by atoms with Crippen LogP contribution in [0.15, 0.2) is 59.3 Å². The molecular weight excluding hydrogens is 408 g/mol. The van der Waals surface area contributed by atoms with E-state index < -0.39 is 17.8 Å². The number of amides is 2. The summed E-state index contributed by atoms with van der Waals surface area (Å²) in [6.07, 6.45) is -0.255. The Kier molecular flexibility index (Phi) is 6.42. The van der Waals surface area contributed by atoms with E-state index in [4.69, 9.17) is 21.1 Å². The van der Waals surface area contributed by atoms with Crippen LogP contribution in [-0.2, 0) is 14.3 Å². The van der Waals surface area contributed by atoms with Crippen LogP contribution in [0.25, 0.3) is 0 Å². The maximum absolute atomic E-state index is 12.9. The van der Waals surface area contributed by atoms with Crippen molar-refractivity contribution in [1.82, 2.24) is 0 Å². The summed E-state index contributed by atoms with van der Waals surface area (Å²) in [6.45, 7) is 5.78. The molecule has 1 aliphatic heterocycles. The van der Waals surface area contributed by atoms with E-state index in [1.54, 1.807) is 38.1 Å². The fraction of sp³-hybridized carbons (Fsp3) is 0.227. The first-order valence-electron chi connectivity index (χ1n) is 9.42. The van der Waals surface area contributed by atoms with Gasteiger partial charge in [-0.3, -0.25) is 9.59 Å². The smallest absolute Gasteiger partial charge is 0.338 e. The molecule has 7 nitrogen and oxygen atoms in total. The van der Waals surface area contributed by atoms with Crippen LogP contribution >= 0.6 is 11.6 Å². The minimum Gasteiger partial charge on any atom is -0.492 e. The Labute approximate surface area is 179 Å². The van der Waals surface area contributed by atoms with E-state index in [2.05, 4.69) is 5.32 Å². The number of nitrogens with one attached hydrogen (secondary N) is 1. The van der Waals surface area contributed by atoms with Gasteiger partial charge in [-0.15, -0.1) is 0 Å². The number of halogens is 1. The molecule has 0 aromatic heterocycles. The van der Waals surface area contributed by atoms with E-state index in [1.807, 2.05) is 6.92 Å². The van der Waals surface area contributed by atoms with E-state index in [0.717, 1.165) is 4.90 Å². The summed E-state index contributed by atoms with van der Waals surface area (Å²) in [6, 6.07) is 13.0. The molecule has 0 spiro atoms. The first-order chi connectivity index (χ1) is 14.3. The Morgan fingerprint density at radius 3 is 2.37 bits per heavy atom. The molecular formula is C22H21ClN2O5. The second-order valence-corrected chi connectivity index (χ2v) is 7.07. The molecule has 0 bridgehead atoms. The summed E-state index contributed by atoms with van der Waals surface area (Å²) in [5.41, 5.74) is 1.08. The average molecular weight is 429 g/mol. The number of hydrogen-bond donors (Lipinski definition) is 1. The van der Waals surface area contributed by atoms with Gasteiger partial charge in [-0.25, -0.2) is 9.69 Å². The minimum atomic E-state index is -0.657. The highest BCUT2D eigenvalue weighted by molar-refractivity contribution is 6.53. The third kappa shape index (κ3) is 4.31. The largest absolute Gasteiger partial charge is 0.492 e. The number of carbonyl (C=O) groups excluding carboxylic acids is 3. The van der Waals surface area contributed by atoms with Gasteiger partial charge < -0.3 is 14.8 Å². The zero-order chi connectivity index (χ0) is 21.8. The Hall–Kier alpha value is -3.32. The van der Waals surface area contributed by atoms with Crippen LogP contribution in [0.1, 0.15) is 31.1 Å². The van der Waals surface area contributed by atoms with Crippen molar-refractivity contribution in [2.24, 2.45) is 0 Å². The third-order valence-electron chi connectivity index (χ3n) is 4.18. The molecule has 2 amide bonds. The molecule has 1 N–H and O–H groups in total. The quantitative estimate of drug-likeness (QED) is 0.528. The van der Waals surface area contributed by atoms with Crippen molar-refractivity contribution in [1.29, 1.82) is 0 Å². The van der Waals surface area contributed by atoms with Crippen LogP contribution in [0.3, 0.4) is 0 Å². The summed E-state index contributed by atoms with van der Waals surface area (Å²) in [5.74, 6) is -1.21. The van der Waals surface area contributed by atoms with Crippen molar-refractivity contribution in [3.8, 4) is 5.75 Å². The van der Waals surface area contributed by atoms with Crippen molar-refractivity contribution in [2.45, 2.75) is 26.9 Å². The van der Waals surface area contributed by atoms with Gasteiger partial charge in [-0.1, -0.05) is 23.7 Å². The van der Waals surface area contributed by atoms with Crippen molar-refractivity contribution >= 4 is 40.8 Å². The van der Waals surface area contributed by atoms with Crippen molar-refractivity contribution in [3.63, 3.8) is 0 Å². The molecule has 0 radical (unpaired) electrons. The number of imide groups is 1. The number of ether oxygens (including phenoxy) is 2. The summed E-state index contributed by atoms with van der Waals surface area (Å²) < 4.78 is 10.7. The number of anilines is 2. The van der Waals surface area contributed by atoms with Gasteiger partial charge in [0, 0.05) is 0 Å². The van der Waals surface area contributed by atoms with E-state index in [9.17, 15) is 14.4 Å². The van der Waals surface area contributed by atoms with Crippen LogP contribution in [0.5, 0.6) is 5.75 Å². The van der Waals surface area contributed by atoms with Gasteiger partial charge in [-0.05, 0) is 57.2 Å². The van der Waals surface area contributed by atoms with E-state index in [-0.39, 0.29) is 16.8 Å². The van der Waals surface area contributed by atoms with Gasteiger partial charge in [0.1, 0.15) is 16.5 Å². The number of rotatable bonds is 7. The Balaban J connectivity index is 1.83. The summed E-state index contributed by atoms with van der Waals surface area (Å²) in [4.78, 5) is 38.5. The standard InChI is InChI=1S/C22H21ClN2O5/c1-4-29-17-8-6-5-7-16(17)24-19-18(23)20(26)25(21(19)27)15-11-9-14(10-12-15)22(28)30-13(2)3/h5-13,24H,4H2,1-3H3. The molecule has 1 heterocycles. The van der Waals surface area contributed by atoms with Gasteiger partial charge in [0.2, 0.25) is 0 Å². The highest BCUT2D eigenvalue weighted by Gasteiger charge is 2.39. The molecule has 1 aliphatic rings. The fourth-order valence-electron chi connectivity index (χ4n) is 2.86. The van der Waals surface area contributed by atoms with Gasteiger partial charge in [0.15, 0.2) is 0 Å². The topological polar surface area (TPSA) is 84.9 Å². The summed E-state index contributed by atoms with van der Waals surface area (Å²) in [5, 5.41) is 2.68. The predicted molar refractivity (Wildman–Crippen MR) is 114 cm³/mol. The van der Waals surface area contributed by atoms with Gasteiger partial charge in [0.25, 0.3) is 11.8 Å². The molecule has 0 saturated carbocycles. The lowest BCUT2D eigenvalue weighted by atomic mass is 10.2. The average Bonchev–Trinajstić information content (AvgIpc) is 2.92. The highest BCUT2D eigenvalue weighted by Crippen LogP contribution is 2.33. The normalized spacial score (nSPS) is 13.8. The number of hydrogen-bond acceptors (Lipinski definition) is 6.